The van der Waals surface area contributed by atoms with Crippen LogP contribution in [-0.2, 0) is 6.42 Å². The Bertz CT molecular complexity index is 511. The molecule has 0 bridgehead atoms. The third-order valence-electron chi connectivity index (χ3n) is 2.41. The number of anilines is 1. The molecule has 0 aromatic carbocycles. The number of thiazole rings is 1. The van der Waals surface area contributed by atoms with Crippen molar-refractivity contribution in [3.05, 3.63) is 22.0 Å². The van der Waals surface area contributed by atoms with Gasteiger partial charge in [-0.25, -0.2) is 4.98 Å². The molecular weight excluding hydrogens is 272 g/mol. The van der Waals surface area contributed by atoms with Crippen LogP contribution in [0.2, 0.25) is 0 Å². The van der Waals surface area contributed by atoms with Crippen LogP contribution in [0.5, 0.6) is 0 Å². The molecule has 98 valence electrons. The lowest BCUT2D eigenvalue weighted by Gasteiger charge is -2.07. The molecule has 2 atom stereocenters. The van der Waals surface area contributed by atoms with E-state index in [0.717, 1.165) is 11.4 Å². The van der Waals surface area contributed by atoms with Crippen LogP contribution >= 0.6 is 22.9 Å². The van der Waals surface area contributed by atoms with Gasteiger partial charge in [0.15, 0.2) is 0 Å². The van der Waals surface area contributed by atoms with Crippen LogP contribution < -0.4 is 5.32 Å². The predicted molar refractivity (Wildman–Crippen MR) is 72.1 cm³/mol. The highest BCUT2D eigenvalue weighted by molar-refractivity contribution is 7.11. The second-order valence-electron chi connectivity index (χ2n) is 3.95. The predicted octanol–water partition coefficient (Wildman–Crippen LogP) is 3.56. The van der Waals surface area contributed by atoms with Gasteiger partial charge in [-0.3, -0.25) is 0 Å². The quantitative estimate of drug-likeness (QED) is 0.852. The Morgan fingerprint density at radius 3 is 2.78 bits per heavy atom. The van der Waals surface area contributed by atoms with Gasteiger partial charge in [0.25, 0.3) is 0 Å². The minimum atomic E-state index is -0.282. The van der Waals surface area contributed by atoms with Gasteiger partial charge in [-0.05, 0) is 20.3 Å². The monoisotopic (exact) mass is 286 g/mol. The van der Waals surface area contributed by atoms with Crippen molar-refractivity contribution in [1.82, 2.24) is 15.2 Å². The summed E-state index contributed by atoms with van der Waals surface area (Å²) in [5.41, 5.74) is 0. The molecule has 0 aliphatic rings. The summed E-state index contributed by atoms with van der Waals surface area (Å²) in [4.78, 5) is 5.63. The Kier molecular flexibility index (Phi) is 4.19. The number of hydrogen-bond donors (Lipinski definition) is 1. The first-order chi connectivity index (χ1) is 8.60. The molecule has 0 aliphatic heterocycles. The van der Waals surface area contributed by atoms with Gasteiger partial charge in [0.05, 0.1) is 6.04 Å². The Morgan fingerprint density at radius 2 is 2.22 bits per heavy atom. The molecule has 0 fully saturated rings. The van der Waals surface area contributed by atoms with Gasteiger partial charge in [0, 0.05) is 11.1 Å². The number of hydrogen-bond acceptors (Lipinski definition) is 6. The number of halogens is 1. The van der Waals surface area contributed by atoms with Gasteiger partial charge in [-0.2, -0.15) is 0 Å². The first kappa shape index (κ1) is 13.3. The summed E-state index contributed by atoms with van der Waals surface area (Å²) in [7, 11) is 0. The van der Waals surface area contributed by atoms with Crippen LogP contribution in [0.4, 0.5) is 6.01 Å². The Hall–Kier alpha value is -1.14. The average molecular weight is 287 g/mol. The highest BCUT2D eigenvalue weighted by Crippen LogP contribution is 2.25. The van der Waals surface area contributed by atoms with Crippen molar-refractivity contribution >= 4 is 29.0 Å². The third-order valence-corrected chi connectivity index (χ3v) is 3.92. The van der Waals surface area contributed by atoms with Crippen LogP contribution in [0.15, 0.2) is 10.6 Å². The Labute approximate surface area is 115 Å². The van der Waals surface area contributed by atoms with E-state index in [-0.39, 0.29) is 11.4 Å². The normalized spacial score (nSPS) is 14.4. The molecule has 0 saturated heterocycles. The molecule has 0 amide bonds. The molecule has 0 saturated carbocycles. The van der Waals surface area contributed by atoms with Crippen LogP contribution in [0.3, 0.4) is 0 Å². The first-order valence-corrected chi connectivity index (χ1v) is 7.04. The second kappa shape index (κ2) is 5.67. The SMILES string of the molecule is CCc1cnc(C(C)Nc2nnc(C(C)Cl)o2)s1. The summed E-state index contributed by atoms with van der Waals surface area (Å²) in [5, 5.41) is 11.6. The maximum atomic E-state index is 5.86. The first-order valence-electron chi connectivity index (χ1n) is 5.78. The molecule has 2 heterocycles. The summed E-state index contributed by atoms with van der Waals surface area (Å²) >= 11 is 7.54. The topological polar surface area (TPSA) is 63.8 Å². The third kappa shape index (κ3) is 3.00. The molecule has 2 aromatic rings. The minimum Gasteiger partial charge on any atom is -0.406 e. The lowest BCUT2D eigenvalue weighted by molar-refractivity contribution is 0.501. The summed E-state index contributed by atoms with van der Waals surface area (Å²) < 4.78 is 5.38. The highest BCUT2D eigenvalue weighted by Gasteiger charge is 2.15. The van der Waals surface area contributed by atoms with Gasteiger partial charge in [-0.15, -0.1) is 28.0 Å². The van der Waals surface area contributed by atoms with Crippen LogP contribution in [0, 0.1) is 0 Å². The summed E-state index contributed by atoms with van der Waals surface area (Å²) in [6, 6.07) is 0.410. The van der Waals surface area contributed by atoms with E-state index in [1.807, 2.05) is 13.1 Å². The van der Waals surface area contributed by atoms with E-state index >= 15 is 0 Å². The number of nitrogens with one attached hydrogen (secondary N) is 1. The molecule has 2 unspecified atom stereocenters. The van der Waals surface area contributed by atoms with E-state index in [9.17, 15) is 0 Å². The molecular formula is C11H15ClN4OS. The zero-order valence-corrected chi connectivity index (χ0v) is 12.0. The smallest absolute Gasteiger partial charge is 0.316 e. The van der Waals surface area contributed by atoms with E-state index < -0.39 is 0 Å². The maximum Gasteiger partial charge on any atom is 0.316 e. The molecule has 0 spiro atoms. The van der Waals surface area contributed by atoms with Gasteiger partial charge in [-0.1, -0.05) is 12.0 Å². The Morgan fingerprint density at radius 1 is 1.44 bits per heavy atom. The number of aromatic nitrogens is 3. The molecule has 2 rings (SSSR count). The van der Waals surface area contributed by atoms with Gasteiger partial charge in [0.2, 0.25) is 5.89 Å². The second-order valence-corrected chi connectivity index (χ2v) is 5.75. The fourth-order valence-corrected chi connectivity index (χ4v) is 2.33. The molecule has 18 heavy (non-hydrogen) atoms. The van der Waals surface area contributed by atoms with Crippen molar-refractivity contribution < 1.29 is 4.42 Å². The summed E-state index contributed by atoms with van der Waals surface area (Å²) in [5.74, 6) is 0.416. The van der Waals surface area contributed by atoms with E-state index in [4.69, 9.17) is 16.0 Å². The zero-order chi connectivity index (χ0) is 13.1. The number of alkyl halides is 1. The number of rotatable bonds is 5. The molecule has 0 aliphatic carbocycles. The zero-order valence-electron chi connectivity index (χ0n) is 10.5. The van der Waals surface area contributed by atoms with Crippen molar-refractivity contribution in [3.8, 4) is 0 Å². The summed E-state index contributed by atoms with van der Waals surface area (Å²) in [6.07, 6.45) is 2.90. The highest BCUT2D eigenvalue weighted by atomic mass is 35.5. The van der Waals surface area contributed by atoms with Crippen LogP contribution in [-0.4, -0.2) is 15.2 Å². The molecule has 1 N–H and O–H groups in total. The van der Waals surface area contributed by atoms with E-state index in [1.54, 1.807) is 18.3 Å². The fourth-order valence-electron chi connectivity index (χ4n) is 1.39. The van der Waals surface area contributed by atoms with Crippen molar-refractivity contribution in [2.75, 3.05) is 5.32 Å². The van der Waals surface area contributed by atoms with Crippen LogP contribution in [0.1, 0.15) is 48.0 Å². The lowest BCUT2D eigenvalue weighted by Crippen LogP contribution is -2.06. The van der Waals surface area contributed by atoms with E-state index in [1.165, 1.54) is 4.88 Å². The lowest BCUT2D eigenvalue weighted by atomic mass is 10.4. The molecule has 5 nitrogen and oxygen atoms in total. The van der Waals surface area contributed by atoms with Crippen molar-refractivity contribution in [3.63, 3.8) is 0 Å². The van der Waals surface area contributed by atoms with Crippen molar-refractivity contribution in [1.29, 1.82) is 0 Å². The maximum absolute atomic E-state index is 5.86. The van der Waals surface area contributed by atoms with Crippen molar-refractivity contribution in [2.24, 2.45) is 0 Å². The number of aryl methyl sites for hydroxylation is 1. The van der Waals surface area contributed by atoms with Gasteiger partial charge >= 0.3 is 6.01 Å². The molecule has 2 aromatic heterocycles. The molecule has 7 heteroatoms. The van der Waals surface area contributed by atoms with E-state index in [2.05, 4.69) is 27.4 Å². The van der Waals surface area contributed by atoms with Gasteiger partial charge in [0.1, 0.15) is 10.4 Å². The Balaban J connectivity index is 2.03. The summed E-state index contributed by atoms with van der Waals surface area (Å²) in [6.45, 7) is 5.91. The largest absolute Gasteiger partial charge is 0.406 e. The number of nitrogens with zero attached hydrogens (tertiary/aromatic N) is 3. The van der Waals surface area contributed by atoms with Crippen molar-refractivity contribution in [2.45, 2.75) is 38.6 Å². The average Bonchev–Trinajstić information content (AvgIpc) is 2.96. The van der Waals surface area contributed by atoms with Gasteiger partial charge < -0.3 is 9.73 Å². The van der Waals surface area contributed by atoms with Crippen LogP contribution in [0.25, 0.3) is 0 Å². The van der Waals surface area contributed by atoms with E-state index in [0.29, 0.717) is 11.9 Å². The minimum absolute atomic E-state index is 0.0363. The molecule has 0 radical (unpaired) electrons. The standard InChI is InChI=1S/C11H15ClN4OS/c1-4-8-5-13-10(18-8)7(3)14-11-16-15-9(17-11)6(2)12/h5-7H,4H2,1-3H3,(H,14,16). The fraction of sp³-hybridized carbons (Fsp3) is 0.545.